The van der Waals surface area contributed by atoms with Gasteiger partial charge in [0, 0.05) is 23.5 Å². The maximum atomic E-state index is 13.6. The van der Waals surface area contributed by atoms with E-state index < -0.39 is 17.8 Å². The Morgan fingerprint density at radius 1 is 1.00 bits per heavy atom. The first-order valence-electron chi connectivity index (χ1n) is 10.5. The molecule has 33 heavy (non-hydrogen) atoms. The highest BCUT2D eigenvalue weighted by atomic mass is 19.4. The molecule has 1 fully saturated rings. The zero-order chi connectivity index (χ0) is 23.2. The smallest absolute Gasteiger partial charge is 0.383 e. The van der Waals surface area contributed by atoms with E-state index in [1.807, 2.05) is 6.07 Å². The molecule has 1 saturated heterocycles. The van der Waals surface area contributed by atoms with Crippen LogP contribution in [0.15, 0.2) is 42.7 Å². The molecule has 0 spiro atoms. The fraction of sp³-hybridized carbons (Fsp3) is 0.348. The number of alkyl halides is 3. The second kappa shape index (κ2) is 8.27. The van der Waals surface area contributed by atoms with Crippen molar-refractivity contribution in [1.29, 1.82) is 0 Å². The molecule has 3 aliphatic heterocycles. The van der Waals surface area contributed by atoms with Crippen LogP contribution in [0.25, 0.3) is 0 Å². The molecular weight excluding hydrogens is 437 g/mol. The minimum Gasteiger partial charge on any atom is -0.383 e. The van der Waals surface area contributed by atoms with Gasteiger partial charge in [0.2, 0.25) is 0 Å². The second-order valence-electron chi connectivity index (χ2n) is 8.19. The minimum atomic E-state index is -4.48. The maximum absolute atomic E-state index is 13.6. The zero-order valence-electron chi connectivity index (χ0n) is 17.5. The summed E-state index contributed by atoms with van der Waals surface area (Å²) >= 11 is 0. The quantitative estimate of drug-likeness (QED) is 0.705. The van der Waals surface area contributed by atoms with Crippen LogP contribution in [-0.4, -0.2) is 40.0 Å². The Hall–Kier alpha value is -3.24. The number of nitrogens with two attached hydrogens (primary N) is 1. The maximum Gasteiger partial charge on any atom is 0.417 e. The molecular formula is C23H21F3N4O3. The third-order valence-corrected chi connectivity index (χ3v) is 6.18. The fourth-order valence-corrected chi connectivity index (χ4v) is 4.47. The summed E-state index contributed by atoms with van der Waals surface area (Å²) in [5, 5.41) is 0. The van der Waals surface area contributed by atoms with Crippen molar-refractivity contribution in [2.75, 3.05) is 18.9 Å². The first-order chi connectivity index (χ1) is 15.8. The van der Waals surface area contributed by atoms with E-state index in [9.17, 15) is 18.0 Å². The van der Waals surface area contributed by atoms with Gasteiger partial charge in [-0.1, -0.05) is 6.07 Å². The standard InChI is InChI=1S/C23H21F3N4O3/c24-23(25,26)15-2-4-19(29-8-15)20-12-33-10-16-7-13-5-6-28-21(27)18-11-32-9-14(18)1-3-17(13)22(31)30(16)20/h1-6,8,16,20H,7,9-12H2,(H2,27,28)/t16-,20-/m1/s1. The summed E-state index contributed by atoms with van der Waals surface area (Å²) in [4.78, 5) is 23.6. The molecule has 5 rings (SSSR count). The first-order valence-corrected chi connectivity index (χ1v) is 10.5. The van der Waals surface area contributed by atoms with E-state index in [0.29, 0.717) is 43.3 Å². The molecule has 2 aromatic heterocycles. The number of rotatable bonds is 1. The lowest BCUT2D eigenvalue weighted by molar-refractivity contribution is -0.137. The zero-order valence-corrected chi connectivity index (χ0v) is 17.5. The molecule has 172 valence electrons. The summed E-state index contributed by atoms with van der Waals surface area (Å²) in [6, 6.07) is 6.78. The van der Waals surface area contributed by atoms with Crippen molar-refractivity contribution in [3.8, 4) is 0 Å². The summed E-state index contributed by atoms with van der Waals surface area (Å²) in [5.74, 6) is 0.154. The molecule has 2 atom stereocenters. The van der Waals surface area contributed by atoms with Gasteiger partial charge in [0.05, 0.1) is 49.8 Å². The van der Waals surface area contributed by atoms with Gasteiger partial charge >= 0.3 is 6.18 Å². The number of halogens is 3. The fourth-order valence-electron chi connectivity index (χ4n) is 4.47. The van der Waals surface area contributed by atoms with Gasteiger partial charge in [-0.2, -0.15) is 13.2 Å². The van der Waals surface area contributed by atoms with Gasteiger partial charge in [0.25, 0.3) is 5.91 Å². The van der Waals surface area contributed by atoms with Crippen molar-refractivity contribution in [3.63, 3.8) is 0 Å². The normalized spacial score (nSPS) is 21.7. The van der Waals surface area contributed by atoms with Gasteiger partial charge in [-0.05, 0) is 41.8 Å². The van der Waals surface area contributed by atoms with E-state index in [4.69, 9.17) is 15.2 Å². The van der Waals surface area contributed by atoms with Crippen LogP contribution in [0.1, 0.15) is 44.3 Å². The van der Waals surface area contributed by atoms with Crippen molar-refractivity contribution < 1.29 is 27.4 Å². The second-order valence-corrected chi connectivity index (χ2v) is 8.19. The van der Waals surface area contributed by atoms with E-state index in [1.54, 1.807) is 23.2 Å². The SMILES string of the molecule is Nc1nccc2c(ccc3c1COC3)C(=O)N1[C@@H](COC[C@@H]1c1ccc(C(F)(F)F)cn1)C2. The molecule has 0 aliphatic carbocycles. The molecule has 1 amide bonds. The van der Waals surface area contributed by atoms with Crippen molar-refractivity contribution in [3.05, 3.63) is 76.2 Å². The molecule has 3 aliphatic rings. The minimum absolute atomic E-state index is 0.159. The van der Waals surface area contributed by atoms with Crippen LogP contribution >= 0.6 is 0 Å². The molecule has 0 bridgehead atoms. The van der Waals surface area contributed by atoms with Gasteiger partial charge in [-0.3, -0.25) is 9.78 Å². The number of nitrogen functional groups attached to an aromatic ring is 1. The average Bonchev–Trinajstić information content (AvgIpc) is 3.26. The number of morpholine rings is 1. The van der Waals surface area contributed by atoms with E-state index >= 15 is 0 Å². The summed E-state index contributed by atoms with van der Waals surface area (Å²) in [5.41, 5.74) is 8.53. The van der Waals surface area contributed by atoms with E-state index in [1.165, 1.54) is 6.07 Å². The number of amides is 1. The van der Waals surface area contributed by atoms with E-state index in [0.717, 1.165) is 29.0 Å². The van der Waals surface area contributed by atoms with Gasteiger partial charge in [-0.15, -0.1) is 0 Å². The molecule has 0 radical (unpaired) electrons. The molecule has 5 heterocycles. The first kappa shape index (κ1) is 21.6. The van der Waals surface area contributed by atoms with Crippen molar-refractivity contribution in [2.45, 2.75) is 37.9 Å². The number of anilines is 1. The topological polar surface area (TPSA) is 90.6 Å². The number of carbonyl (C=O) groups excluding carboxylic acids is 1. The number of hydrogen-bond acceptors (Lipinski definition) is 6. The van der Waals surface area contributed by atoms with Crippen LogP contribution in [0, 0.1) is 0 Å². The summed E-state index contributed by atoms with van der Waals surface area (Å²) in [7, 11) is 0. The Labute approximate surface area is 187 Å². The van der Waals surface area contributed by atoms with E-state index in [2.05, 4.69) is 9.97 Å². The van der Waals surface area contributed by atoms with Crippen LogP contribution in [0.2, 0.25) is 0 Å². The van der Waals surface area contributed by atoms with Crippen LogP contribution in [0.5, 0.6) is 0 Å². The molecule has 0 unspecified atom stereocenters. The molecule has 2 N–H and O–H groups in total. The van der Waals surface area contributed by atoms with Crippen molar-refractivity contribution >= 4 is 11.7 Å². The Bertz CT molecular complexity index is 1150. The highest BCUT2D eigenvalue weighted by Gasteiger charge is 2.41. The average molecular weight is 458 g/mol. The Balaban J connectivity index is 1.55. The third-order valence-electron chi connectivity index (χ3n) is 6.18. The molecule has 7 nitrogen and oxygen atoms in total. The number of aromatic nitrogens is 2. The lowest BCUT2D eigenvalue weighted by atomic mass is 9.91. The highest BCUT2D eigenvalue weighted by Crippen LogP contribution is 2.35. The number of hydrogen-bond donors (Lipinski definition) is 1. The molecule has 0 saturated carbocycles. The molecule has 0 aromatic carbocycles. The number of carbonyl (C=O) groups is 1. The van der Waals surface area contributed by atoms with Crippen molar-refractivity contribution in [1.82, 2.24) is 14.9 Å². The molecule has 10 heteroatoms. The van der Waals surface area contributed by atoms with Crippen LogP contribution in [0.3, 0.4) is 0 Å². The van der Waals surface area contributed by atoms with Gasteiger partial charge in [-0.25, -0.2) is 4.98 Å². The number of fused-ring (bicyclic) bond motifs is 3. The number of nitrogens with zero attached hydrogens (tertiary/aromatic N) is 3. The van der Waals surface area contributed by atoms with Crippen molar-refractivity contribution in [2.24, 2.45) is 0 Å². The Morgan fingerprint density at radius 2 is 1.85 bits per heavy atom. The summed E-state index contributed by atoms with van der Waals surface area (Å²) < 4.78 is 50.0. The van der Waals surface area contributed by atoms with Gasteiger partial charge in [0.1, 0.15) is 5.82 Å². The monoisotopic (exact) mass is 458 g/mol. The Morgan fingerprint density at radius 3 is 2.61 bits per heavy atom. The summed E-state index contributed by atoms with van der Waals surface area (Å²) in [6.45, 7) is 1.22. The van der Waals surface area contributed by atoms with E-state index in [-0.39, 0.29) is 18.6 Å². The number of pyridine rings is 1. The van der Waals surface area contributed by atoms with Crippen LogP contribution in [0.4, 0.5) is 19.0 Å². The third kappa shape index (κ3) is 4.00. The largest absolute Gasteiger partial charge is 0.417 e. The van der Waals surface area contributed by atoms with Crippen LogP contribution < -0.4 is 5.73 Å². The predicted octanol–water partition coefficient (Wildman–Crippen LogP) is 3.37. The lowest BCUT2D eigenvalue weighted by Crippen LogP contribution is -2.54. The predicted molar refractivity (Wildman–Crippen MR) is 111 cm³/mol. The van der Waals surface area contributed by atoms with Gasteiger partial charge in [0.15, 0.2) is 0 Å². The Kier molecular flexibility index (Phi) is 5.41. The number of ether oxygens (including phenoxy) is 2. The summed E-state index contributed by atoms with van der Waals surface area (Å²) in [6.07, 6.45) is -1.60. The van der Waals surface area contributed by atoms with Crippen LogP contribution in [-0.2, 0) is 35.3 Å². The van der Waals surface area contributed by atoms with Gasteiger partial charge < -0.3 is 20.1 Å². The lowest BCUT2D eigenvalue weighted by Gasteiger charge is -2.44. The molecule has 2 aromatic rings. The highest BCUT2D eigenvalue weighted by molar-refractivity contribution is 5.97.